The van der Waals surface area contributed by atoms with Crippen LogP contribution < -0.4 is 0 Å². The lowest BCUT2D eigenvalue weighted by Crippen LogP contribution is -2.08. The lowest BCUT2D eigenvalue weighted by Gasteiger charge is -2.02. The third kappa shape index (κ3) is 2.57. The summed E-state index contributed by atoms with van der Waals surface area (Å²) in [6.45, 7) is 0. The molecule has 1 aromatic rings. The number of isothiocyanates is 1. The Morgan fingerprint density at radius 1 is 1.31 bits per heavy atom. The summed E-state index contributed by atoms with van der Waals surface area (Å²) in [5.74, 6) is 0.00278. The molecule has 0 aromatic carbocycles. The van der Waals surface area contributed by atoms with Gasteiger partial charge >= 0.3 is 6.18 Å². The Labute approximate surface area is 76.3 Å². The molecule has 0 aliphatic heterocycles. The van der Waals surface area contributed by atoms with Crippen LogP contribution in [0.1, 0.15) is 5.69 Å². The normalized spacial score (nSPS) is 10.7. The summed E-state index contributed by atoms with van der Waals surface area (Å²) in [5, 5.41) is 8.05. The number of aromatic nitrogens is 2. The van der Waals surface area contributed by atoms with E-state index >= 15 is 0 Å². The smallest absolute Gasteiger partial charge is 0.172 e. The van der Waals surface area contributed by atoms with Gasteiger partial charge in [-0.3, -0.25) is 0 Å². The molecule has 0 saturated heterocycles. The molecule has 1 heterocycles. The number of thiocarbonyl (C=S) groups is 1. The zero-order valence-corrected chi connectivity index (χ0v) is 6.85. The molecule has 0 N–H and O–H groups in total. The topological polar surface area (TPSA) is 38.1 Å². The first-order chi connectivity index (χ1) is 6.04. The molecule has 0 amide bonds. The Balaban J connectivity index is 3.00. The molecule has 0 aliphatic carbocycles. The predicted molar refractivity (Wildman–Crippen MR) is 41.7 cm³/mol. The van der Waals surface area contributed by atoms with Gasteiger partial charge in [0.15, 0.2) is 11.5 Å². The molecule has 0 radical (unpaired) electrons. The van der Waals surface area contributed by atoms with E-state index in [0.29, 0.717) is 0 Å². The number of rotatable bonds is 1. The van der Waals surface area contributed by atoms with Crippen molar-refractivity contribution in [1.82, 2.24) is 10.2 Å². The van der Waals surface area contributed by atoms with Crippen LogP contribution in [0.4, 0.5) is 19.0 Å². The van der Waals surface area contributed by atoms with Crippen molar-refractivity contribution in [3.8, 4) is 0 Å². The molecule has 1 rings (SSSR count). The van der Waals surface area contributed by atoms with Gasteiger partial charge in [0.25, 0.3) is 0 Å². The first-order valence-electron chi connectivity index (χ1n) is 3.03. The quantitative estimate of drug-likeness (QED) is 0.521. The Kier molecular flexibility index (Phi) is 2.69. The summed E-state index contributed by atoms with van der Waals surface area (Å²) in [6.07, 6.45) is -4.48. The molecule has 0 fully saturated rings. The largest absolute Gasteiger partial charge is 0.435 e. The lowest BCUT2D eigenvalue weighted by atomic mass is 10.4. The van der Waals surface area contributed by atoms with Crippen molar-refractivity contribution in [3.63, 3.8) is 0 Å². The van der Waals surface area contributed by atoms with Crippen LogP contribution in [0.25, 0.3) is 0 Å². The maximum absolute atomic E-state index is 11.9. The van der Waals surface area contributed by atoms with Gasteiger partial charge in [-0.1, -0.05) is 0 Å². The zero-order valence-electron chi connectivity index (χ0n) is 6.04. The van der Waals surface area contributed by atoms with Gasteiger partial charge in [0.05, 0.1) is 5.16 Å². The molecule has 7 heteroatoms. The molecule has 0 atom stereocenters. The zero-order chi connectivity index (χ0) is 9.90. The van der Waals surface area contributed by atoms with Crippen molar-refractivity contribution in [3.05, 3.63) is 17.8 Å². The molecular formula is C6H2F3N3S. The first-order valence-corrected chi connectivity index (χ1v) is 3.43. The van der Waals surface area contributed by atoms with Crippen molar-refractivity contribution in [2.24, 2.45) is 4.99 Å². The van der Waals surface area contributed by atoms with Gasteiger partial charge in [-0.2, -0.15) is 18.2 Å². The summed E-state index contributed by atoms with van der Waals surface area (Å²) >= 11 is 4.23. The van der Waals surface area contributed by atoms with Gasteiger partial charge < -0.3 is 0 Å². The predicted octanol–water partition coefficient (Wildman–Crippen LogP) is 2.23. The average molecular weight is 205 g/mol. The molecule has 0 saturated carbocycles. The Morgan fingerprint density at radius 2 is 2.00 bits per heavy atom. The van der Waals surface area contributed by atoms with Gasteiger partial charge in [0.2, 0.25) is 0 Å². The van der Waals surface area contributed by atoms with E-state index in [1.807, 2.05) is 5.16 Å². The lowest BCUT2D eigenvalue weighted by molar-refractivity contribution is -0.141. The van der Waals surface area contributed by atoms with Crippen LogP contribution in [0.3, 0.4) is 0 Å². The molecule has 0 aliphatic rings. The maximum Gasteiger partial charge on any atom is 0.435 e. The van der Waals surface area contributed by atoms with E-state index in [1.54, 1.807) is 0 Å². The Hall–Kier alpha value is -1.33. The van der Waals surface area contributed by atoms with Crippen molar-refractivity contribution in [2.45, 2.75) is 6.18 Å². The fourth-order valence-corrected chi connectivity index (χ4v) is 0.676. The van der Waals surface area contributed by atoms with Crippen LogP contribution in [0.5, 0.6) is 0 Å². The molecule has 13 heavy (non-hydrogen) atoms. The van der Waals surface area contributed by atoms with Gasteiger partial charge in [-0.15, -0.1) is 10.2 Å². The molecule has 0 unspecified atom stereocenters. The van der Waals surface area contributed by atoms with E-state index < -0.39 is 11.9 Å². The highest BCUT2D eigenvalue weighted by molar-refractivity contribution is 7.78. The monoisotopic (exact) mass is 205 g/mol. The second-order valence-corrected chi connectivity index (χ2v) is 2.16. The fraction of sp³-hybridized carbons (Fsp3) is 0.167. The van der Waals surface area contributed by atoms with Crippen LogP contribution in [-0.4, -0.2) is 15.4 Å². The SMILES string of the molecule is FC(F)(F)c1ccc(N=C=S)nn1. The van der Waals surface area contributed by atoms with Crippen molar-refractivity contribution >= 4 is 23.2 Å². The van der Waals surface area contributed by atoms with Crippen LogP contribution in [0.15, 0.2) is 17.1 Å². The minimum absolute atomic E-state index is 0.00278. The van der Waals surface area contributed by atoms with Gasteiger partial charge in [-0.25, -0.2) is 0 Å². The van der Waals surface area contributed by atoms with Crippen molar-refractivity contribution in [1.29, 1.82) is 0 Å². The summed E-state index contributed by atoms with van der Waals surface area (Å²) < 4.78 is 35.8. The molecule has 68 valence electrons. The molecule has 0 spiro atoms. The number of halogens is 3. The fourth-order valence-electron chi connectivity index (χ4n) is 0.583. The molecule has 3 nitrogen and oxygen atoms in total. The van der Waals surface area contributed by atoms with E-state index in [-0.39, 0.29) is 5.82 Å². The van der Waals surface area contributed by atoms with E-state index in [1.165, 1.54) is 0 Å². The third-order valence-corrected chi connectivity index (χ3v) is 1.19. The Bertz CT molecular complexity index is 339. The number of nitrogens with zero attached hydrogens (tertiary/aromatic N) is 3. The molecular weight excluding hydrogens is 203 g/mol. The minimum atomic E-state index is -4.48. The summed E-state index contributed by atoms with van der Waals surface area (Å²) in [4.78, 5) is 3.35. The number of hydrogen-bond donors (Lipinski definition) is 0. The number of aliphatic imine (C=N–C) groups is 1. The highest BCUT2D eigenvalue weighted by Gasteiger charge is 2.32. The second kappa shape index (κ2) is 3.59. The van der Waals surface area contributed by atoms with Crippen molar-refractivity contribution in [2.75, 3.05) is 0 Å². The number of alkyl halides is 3. The van der Waals surface area contributed by atoms with Crippen LogP contribution >= 0.6 is 12.2 Å². The van der Waals surface area contributed by atoms with Gasteiger partial charge in [-0.05, 0) is 24.4 Å². The first kappa shape index (κ1) is 9.76. The van der Waals surface area contributed by atoms with Gasteiger partial charge in [0, 0.05) is 0 Å². The highest BCUT2D eigenvalue weighted by Crippen LogP contribution is 2.27. The van der Waals surface area contributed by atoms with E-state index in [9.17, 15) is 13.2 Å². The second-order valence-electron chi connectivity index (χ2n) is 1.98. The average Bonchev–Trinajstić information content (AvgIpc) is 2.04. The van der Waals surface area contributed by atoms with Crippen LogP contribution in [-0.2, 0) is 6.18 Å². The van der Waals surface area contributed by atoms with E-state index in [4.69, 9.17) is 0 Å². The van der Waals surface area contributed by atoms with Crippen LogP contribution in [0, 0.1) is 0 Å². The van der Waals surface area contributed by atoms with E-state index in [0.717, 1.165) is 12.1 Å². The highest BCUT2D eigenvalue weighted by atomic mass is 32.1. The minimum Gasteiger partial charge on any atom is -0.172 e. The standard InChI is InChI=1S/C6H2F3N3S/c7-6(8,9)4-1-2-5(10-3-13)12-11-4/h1-2H. The van der Waals surface area contributed by atoms with Crippen molar-refractivity contribution < 1.29 is 13.2 Å². The third-order valence-electron chi connectivity index (χ3n) is 1.10. The maximum atomic E-state index is 11.9. The Morgan fingerprint density at radius 3 is 2.38 bits per heavy atom. The van der Waals surface area contributed by atoms with E-state index in [2.05, 4.69) is 27.4 Å². The molecule has 0 bridgehead atoms. The van der Waals surface area contributed by atoms with Crippen LogP contribution in [0.2, 0.25) is 0 Å². The summed E-state index contributed by atoms with van der Waals surface area (Å²) in [6, 6.07) is 1.84. The van der Waals surface area contributed by atoms with Gasteiger partial charge in [0.1, 0.15) is 0 Å². The summed E-state index contributed by atoms with van der Waals surface area (Å²) in [5.41, 5.74) is -1.06. The summed E-state index contributed by atoms with van der Waals surface area (Å²) in [7, 11) is 0. The number of hydrogen-bond acceptors (Lipinski definition) is 4. The molecule has 1 aromatic heterocycles.